The van der Waals surface area contributed by atoms with Crippen molar-refractivity contribution in [2.45, 2.75) is 26.0 Å². The number of carbonyl (C=O) groups excluding carboxylic acids is 1. The molecule has 5 heteroatoms. The molecule has 0 aromatic carbocycles. The van der Waals surface area contributed by atoms with Gasteiger partial charge in [-0.1, -0.05) is 13.8 Å². The number of amides is 1. The van der Waals surface area contributed by atoms with Crippen LogP contribution in [0.1, 0.15) is 20.8 Å². The van der Waals surface area contributed by atoms with Crippen molar-refractivity contribution in [3.8, 4) is 0 Å². The van der Waals surface area contributed by atoms with Gasteiger partial charge in [0.05, 0.1) is 0 Å². The largest absolute Gasteiger partial charge is 0.355 e. The van der Waals surface area contributed by atoms with Gasteiger partial charge in [0.25, 0.3) is 0 Å². The number of nitrogens with one attached hydrogen (secondary N) is 2. The molecule has 2 N–H and O–H groups in total. The monoisotopic (exact) mass is 234 g/mol. The van der Waals surface area contributed by atoms with Crippen molar-refractivity contribution < 1.29 is 9.00 Å². The summed E-state index contributed by atoms with van der Waals surface area (Å²) in [6.45, 7) is 7.79. The normalized spacial score (nSPS) is 16.8. The lowest BCUT2D eigenvalue weighted by atomic mass is 10.1. The molecular weight excluding hydrogens is 212 g/mol. The molecule has 0 rings (SSSR count). The van der Waals surface area contributed by atoms with Crippen molar-refractivity contribution in [3.63, 3.8) is 0 Å². The Labute approximate surface area is 94.7 Å². The summed E-state index contributed by atoms with van der Waals surface area (Å²) in [6.07, 6.45) is 1.65. The summed E-state index contributed by atoms with van der Waals surface area (Å²) in [5.74, 6) is -0.0179. The van der Waals surface area contributed by atoms with Crippen molar-refractivity contribution in [2.24, 2.45) is 5.92 Å². The summed E-state index contributed by atoms with van der Waals surface area (Å²) >= 11 is 0. The summed E-state index contributed by atoms with van der Waals surface area (Å²) in [5.41, 5.74) is 0. The highest BCUT2D eigenvalue weighted by Gasteiger charge is 2.13. The molecule has 4 nitrogen and oxygen atoms in total. The highest BCUT2D eigenvalue weighted by Crippen LogP contribution is 1.94. The third kappa shape index (κ3) is 6.62. The van der Waals surface area contributed by atoms with E-state index in [1.807, 2.05) is 20.8 Å². The maximum atomic E-state index is 11.5. The van der Waals surface area contributed by atoms with Gasteiger partial charge < -0.3 is 10.6 Å². The number of hydrogen-bond donors (Lipinski definition) is 2. The van der Waals surface area contributed by atoms with Gasteiger partial charge in [-0.15, -0.1) is 0 Å². The molecule has 3 unspecified atom stereocenters. The average molecular weight is 234 g/mol. The van der Waals surface area contributed by atoms with Crippen LogP contribution in [0, 0.1) is 5.92 Å². The van der Waals surface area contributed by atoms with Crippen LogP contribution in [0.2, 0.25) is 0 Å². The van der Waals surface area contributed by atoms with Gasteiger partial charge in [-0.3, -0.25) is 9.00 Å². The van der Waals surface area contributed by atoms with E-state index in [-0.39, 0.29) is 17.1 Å². The van der Waals surface area contributed by atoms with E-state index in [2.05, 4.69) is 10.6 Å². The predicted molar refractivity (Wildman–Crippen MR) is 64.2 cm³/mol. The average Bonchev–Trinajstić information content (AvgIpc) is 2.21. The van der Waals surface area contributed by atoms with E-state index in [1.165, 1.54) is 0 Å². The summed E-state index contributed by atoms with van der Waals surface area (Å²) < 4.78 is 11.0. The second-order valence-corrected chi connectivity index (χ2v) is 5.57. The van der Waals surface area contributed by atoms with Crippen LogP contribution >= 0.6 is 0 Å². The van der Waals surface area contributed by atoms with Crippen LogP contribution in [0.5, 0.6) is 0 Å². The van der Waals surface area contributed by atoms with Gasteiger partial charge in [-0.25, -0.2) is 0 Å². The predicted octanol–water partition coefficient (Wildman–Crippen LogP) is 0.115. The van der Waals surface area contributed by atoms with Crippen molar-refractivity contribution in [1.29, 1.82) is 0 Å². The van der Waals surface area contributed by atoms with Gasteiger partial charge in [0, 0.05) is 41.3 Å². The molecule has 0 saturated carbocycles. The first-order chi connectivity index (χ1) is 6.99. The first-order valence-electron chi connectivity index (χ1n) is 5.29. The van der Waals surface area contributed by atoms with Crippen LogP contribution < -0.4 is 10.6 Å². The minimum absolute atomic E-state index is 0.0142. The van der Waals surface area contributed by atoms with Gasteiger partial charge in [0.2, 0.25) is 5.91 Å². The fourth-order valence-corrected chi connectivity index (χ4v) is 1.31. The lowest BCUT2D eigenvalue weighted by Crippen LogP contribution is -2.39. The van der Waals surface area contributed by atoms with E-state index in [9.17, 15) is 9.00 Å². The van der Waals surface area contributed by atoms with E-state index in [4.69, 9.17) is 0 Å². The van der Waals surface area contributed by atoms with Crippen molar-refractivity contribution in [3.05, 3.63) is 0 Å². The molecule has 0 radical (unpaired) electrons. The molecule has 0 aliphatic heterocycles. The van der Waals surface area contributed by atoms with Crippen LogP contribution in [-0.4, -0.2) is 41.3 Å². The quantitative estimate of drug-likeness (QED) is 0.657. The molecule has 0 aromatic heterocycles. The van der Waals surface area contributed by atoms with Gasteiger partial charge >= 0.3 is 0 Å². The molecule has 0 bridgehead atoms. The van der Waals surface area contributed by atoms with Crippen LogP contribution in [0.15, 0.2) is 0 Å². The molecule has 1 amide bonds. The Hall–Kier alpha value is -0.420. The number of carbonyl (C=O) groups is 1. The lowest BCUT2D eigenvalue weighted by Gasteiger charge is -2.14. The minimum atomic E-state index is -0.876. The Morgan fingerprint density at radius 2 is 1.93 bits per heavy atom. The van der Waals surface area contributed by atoms with Crippen LogP contribution in [0.25, 0.3) is 0 Å². The zero-order valence-electron chi connectivity index (χ0n) is 10.0. The minimum Gasteiger partial charge on any atom is -0.355 e. The Kier molecular flexibility index (Phi) is 7.60. The van der Waals surface area contributed by atoms with Gasteiger partial charge in [0.1, 0.15) is 0 Å². The fourth-order valence-electron chi connectivity index (χ4n) is 0.989. The molecule has 15 heavy (non-hydrogen) atoms. The molecule has 3 atom stereocenters. The molecule has 0 aromatic rings. The van der Waals surface area contributed by atoms with Gasteiger partial charge in [-0.05, 0) is 13.5 Å². The van der Waals surface area contributed by atoms with Crippen molar-refractivity contribution >= 4 is 16.7 Å². The van der Waals surface area contributed by atoms with E-state index in [0.29, 0.717) is 13.1 Å². The van der Waals surface area contributed by atoms with E-state index >= 15 is 0 Å². The molecule has 0 aliphatic rings. The standard InChI is InChI=1S/C10H22N2O2S/c1-5-11-6-8(2)10(13)12-7-9(3)15(4)14/h8-9,11H,5-7H2,1-4H3,(H,12,13). The number of hydrogen-bond acceptors (Lipinski definition) is 3. The molecule has 0 aliphatic carbocycles. The van der Waals surface area contributed by atoms with E-state index < -0.39 is 10.8 Å². The summed E-state index contributed by atoms with van der Waals surface area (Å²) in [6, 6.07) is 0. The Morgan fingerprint density at radius 1 is 1.33 bits per heavy atom. The summed E-state index contributed by atoms with van der Waals surface area (Å²) in [7, 11) is -0.876. The molecular formula is C10H22N2O2S. The van der Waals surface area contributed by atoms with Crippen LogP contribution in [0.4, 0.5) is 0 Å². The SMILES string of the molecule is CCNCC(C)C(=O)NCC(C)S(C)=O. The Balaban J connectivity index is 3.77. The highest BCUT2D eigenvalue weighted by atomic mass is 32.2. The third-order valence-corrected chi connectivity index (χ3v) is 3.58. The van der Waals surface area contributed by atoms with Crippen LogP contribution in [0.3, 0.4) is 0 Å². The first-order valence-corrected chi connectivity index (χ1v) is 6.91. The summed E-state index contributed by atoms with van der Waals surface area (Å²) in [4.78, 5) is 11.5. The highest BCUT2D eigenvalue weighted by molar-refractivity contribution is 7.84. The zero-order chi connectivity index (χ0) is 11.8. The molecule has 0 spiro atoms. The van der Waals surface area contributed by atoms with Gasteiger partial charge in [-0.2, -0.15) is 0 Å². The summed E-state index contributed by atoms with van der Waals surface area (Å²) in [5, 5.41) is 5.93. The second-order valence-electron chi connectivity index (χ2n) is 3.76. The van der Waals surface area contributed by atoms with Crippen molar-refractivity contribution in [1.82, 2.24) is 10.6 Å². The third-order valence-electron chi connectivity index (χ3n) is 2.28. The molecule has 0 heterocycles. The van der Waals surface area contributed by atoms with Crippen LogP contribution in [-0.2, 0) is 15.6 Å². The van der Waals surface area contributed by atoms with E-state index in [1.54, 1.807) is 6.26 Å². The maximum Gasteiger partial charge on any atom is 0.224 e. The Morgan fingerprint density at radius 3 is 2.40 bits per heavy atom. The Bertz CT molecular complexity index is 221. The fraction of sp³-hybridized carbons (Fsp3) is 0.900. The zero-order valence-corrected chi connectivity index (χ0v) is 10.8. The topological polar surface area (TPSA) is 58.2 Å². The lowest BCUT2D eigenvalue weighted by molar-refractivity contribution is -0.124. The first kappa shape index (κ1) is 14.6. The maximum absolute atomic E-state index is 11.5. The van der Waals surface area contributed by atoms with Crippen molar-refractivity contribution in [2.75, 3.05) is 25.9 Å². The smallest absolute Gasteiger partial charge is 0.224 e. The molecule has 0 saturated heterocycles. The molecule has 90 valence electrons. The van der Waals surface area contributed by atoms with E-state index in [0.717, 1.165) is 6.54 Å². The van der Waals surface area contributed by atoms with Gasteiger partial charge in [0.15, 0.2) is 0 Å². The molecule has 0 fully saturated rings. The number of rotatable bonds is 7. The second kappa shape index (κ2) is 7.82.